The zero-order chi connectivity index (χ0) is 17.0. The zero-order valence-electron chi connectivity index (χ0n) is 13.7. The third-order valence-electron chi connectivity index (χ3n) is 4.48. The van der Waals surface area contributed by atoms with Gasteiger partial charge in [-0.2, -0.15) is 0 Å². The Morgan fingerprint density at radius 2 is 1.75 bits per heavy atom. The highest BCUT2D eigenvalue weighted by Crippen LogP contribution is 2.39. The first-order chi connectivity index (χ1) is 11.5. The first kappa shape index (κ1) is 14.8. The number of nitrogens with zero attached hydrogens (tertiary/aromatic N) is 1. The summed E-state index contributed by atoms with van der Waals surface area (Å²) in [7, 11) is 1.93. The summed E-state index contributed by atoms with van der Waals surface area (Å²) in [5.74, 6) is -0.708. The van der Waals surface area contributed by atoms with Crippen LogP contribution in [0.3, 0.4) is 0 Å². The second-order valence-electron chi connectivity index (χ2n) is 6.15. The highest BCUT2D eigenvalue weighted by atomic mass is 19.1. The number of aromatic nitrogens is 1. The number of furan rings is 1. The molecule has 0 bridgehead atoms. The lowest BCUT2D eigenvalue weighted by Crippen LogP contribution is -2.30. The van der Waals surface area contributed by atoms with Crippen LogP contribution in [0.2, 0.25) is 0 Å². The summed E-state index contributed by atoms with van der Waals surface area (Å²) in [5, 5.41) is 0.999. The van der Waals surface area contributed by atoms with Gasteiger partial charge < -0.3 is 4.42 Å². The number of fused-ring (bicyclic) bond motifs is 3. The summed E-state index contributed by atoms with van der Waals surface area (Å²) in [5.41, 5.74) is 3.79. The van der Waals surface area contributed by atoms with E-state index in [1.165, 1.54) is 12.1 Å². The molecule has 0 N–H and O–H groups in total. The van der Waals surface area contributed by atoms with Crippen LogP contribution in [0.5, 0.6) is 0 Å². The van der Waals surface area contributed by atoms with Crippen LogP contribution in [-0.2, 0) is 7.05 Å². The van der Waals surface area contributed by atoms with Crippen molar-refractivity contribution in [1.29, 1.82) is 0 Å². The molecule has 0 spiro atoms. The SMILES string of the molecule is Cc1cc2c(cc1F)oc1c(-c3cccc[n+]3C)c(C)cc(F)c12. The lowest BCUT2D eigenvalue weighted by molar-refractivity contribution is -0.660. The second kappa shape index (κ2) is 5.13. The van der Waals surface area contributed by atoms with E-state index in [1.807, 2.05) is 42.9 Å². The molecule has 0 amide bonds. The maximum absolute atomic E-state index is 14.7. The zero-order valence-corrected chi connectivity index (χ0v) is 13.7. The fourth-order valence-corrected chi connectivity index (χ4v) is 3.25. The van der Waals surface area contributed by atoms with Crippen molar-refractivity contribution < 1.29 is 17.8 Å². The minimum Gasteiger partial charge on any atom is -0.455 e. The lowest BCUT2D eigenvalue weighted by Gasteiger charge is -2.06. The van der Waals surface area contributed by atoms with E-state index in [0.29, 0.717) is 27.5 Å². The van der Waals surface area contributed by atoms with Gasteiger partial charge in [0, 0.05) is 23.6 Å². The summed E-state index contributed by atoms with van der Waals surface area (Å²) in [6, 6.07) is 10.3. The van der Waals surface area contributed by atoms with Crippen molar-refractivity contribution in [2.24, 2.45) is 7.05 Å². The predicted molar refractivity (Wildman–Crippen MR) is 89.7 cm³/mol. The van der Waals surface area contributed by atoms with Gasteiger partial charge in [0.25, 0.3) is 0 Å². The van der Waals surface area contributed by atoms with Gasteiger partial charge in [0.15, 0.2) is 11.8 Å². The lowest BCUT2D eigenvalue weighted by atomic mass is 9.99. The van der Waals surface area contributed by atoms with Crippen LogP contribution in [0.15, 0.2) is 47.0 Å². The summed E-state index contributed by atoms with van der Waals surface area (Å²) in [6.45, 7) is 3.52. The molecule has 0 fully saturated rings. The Bertz CT molecular complexity index is 1110. The first-order valence-electron chi connectivity index (χ1n) is 7.74. The third kappa shape index (κ3) is 2.03. The van der Waals surface area contributed by atoms with E-state index in [-0.39, 0.29) is 11.6 Å². The minimum atomic E-state index is -0.356. The van der Waals surface area contributed by atoms with Crippen molar-refractivity contribution in [2.75, 3.05) is 0 Å². The Balaban J connectivity index is 2.21. The molecule has 2 nitrogen and oxygen atoms in total. The number of aryl methyl sites for hydroxylation is 3. The van der Waals surface area contributed by atoms with E-state index in [1.54, 1.807) is 13.0 Å². The average molecular weight is 324 g/mol. The second-order valence-corrected chi connectivity index (χ2v) is 6.15. The Morgan fingerprint density at radius 1 is 0.958 bits per heavy atom. The van der Waals surface area contributed by atoms with Gasteiger partial charge in [-0.1, -0.05) is 0 Å². The fraction of sp³-hybridized carbons (Fsp3) is 0.150. The maximum atomic E-state index is 14.7. The molecule has 0 saturated heterocycles. The molecule has 120 valence electrons. The molecule has 2 aromatic heterocycles. The van der Waals surface area contributed by atoms with Crippen molar-refractivity contribution in [2.45, 2.75) is 13.8 Å². The van der Waals surface area contributed by atoms with Gasteiger partial charge in [-0.15, -0.1) is 0 Å². The Hall–Kier alpha value is -2.75. The number of hydrogen-bond acceptors (Lipinski definition) is 1. The van der Waals surface area contributed by atoms with E-state index < -0.39 is 0 Å². The molecule has 0 radical (unpaired) electrons. The highest BCUT2D eigenvalue weighted by molar-refractivity contribution is 6.10. The smallest absolute Gasteiger partial charge is 0.216 e. The molecule has 24 heavy (non-hydrogen) atoms. The molecule has 2 aromatic carbocycles. The molecule has 0 aliphatic heterocycles. The Morgan fingerprint density at radius 3 is 2.50 bits per heavy atom. The number of hydrogen-bond donors (Lipinski definition) is 0. The molecule has 0 aliphatic rings. The number of benzene rings is 2. The van der Waals surface area contributed by atoms with Crippen LogP contribution >= 0.6 is 0 Å². The van der Waals surface area contributed by atoms with Crippen LogP contribution in [-0.4, -0.2) is 0 Å². The van der Waals surface area contributed by atoms with Gasteiger partial charge >= 0.3 is 0 Å². The van der Waals surface area contributed by atoms with Crippen molar-refractivity contribution in [3.05, 3.63) is 65.4 Å². The van der Waals surface area contributed by atoms with Gasteiger partial charge in [-0.25, -0.2) is 13.3 Å². The van der Waals surface area contributed by atoms with Gasteiger partial charge in [0.2, 0.25) is 5.69 Å². The maximum Gasteiger partial charge on any atom is 0.216 e. The summed E-state index contributed by atoms with van der Waals surface area (Å²) >= 11 is 0. The largest absolute Gasteiger partial charge is 0.455 e. The molecule has 4 rings (SSSR count). The van der Waals surface area contributed by atoms with Crippen LogP contribution in [0.25, 0.3) is 33.2 Å². The summed E-state index contributed by atoms with van der Waals surface area (Å²) < 4.78 is 36.4. The number of pyridine rings is 1. The van der Waals surface area contributed by atoms with E-state index in [9.17, 15) is 8.78 Å². The molecular formula is C20H16F2NO+. The van der Waals surface area contributed by atoms with Crippen molar-refractivity contribution in [3.8, 4) is 11.3 Å². The van der Waals surface area contributed by atoms with Crippen LogP contribution in [0.1, 0.15) is 11.1 Å². The average Bonchev–Trinajstić information content (AvgIpc) is 2.88. The van der Waals surface area contributed by atoms with Crippen LogP contribution in [0.4, 0.5) is 8.78 Å². The monoisotopic (exact) mass is 324 g/mol. The topological polar surface area (TPSA) is 17.0 Å². The van der Waals surface area contributed by atoms with Gasteiger partial charge in [-0.05, 0) is 43.2 Å². The number of halogens is 2. The van der Waals surface area contributed by atoms with Crippen molar-refractivity contribution in [1.82, 2.24) is 0 Å². The number of rotatable bonds is 1. The van der Waals surface area contributed by atoms with Crippen molar-refractivity contribution >= 4 is 21.9 Å². The molecule has 0 aliphatic carbocycles. The van der Waals surface area contributed by atoms with Crippen LogP contribution in [0, 0.1) is 25.5 Å². The van der Waals surface area contributed by atoms with Gasteiger partial charge in [0.05, 0.1) is 10.9 Å². The molecule has 0 saturated carbocycles. The van der Waals surface area contributed by atoms with E-state index in [2.05, 4.69) is 0 Å². The fourth-order valence-electron chi connectivity index (χ4n) is 3.25. The van der Waals surface area contributed by atoms with Crippen LogP contribution < -0.4 is 4.57 Å². The molecule has 0 unspecified atom stereocenters. The highest BCUT2D eigenvalue weighted by Gasteiger charge is 2.23. The standard InChI is InChI=1S/C20H16F2NO/c1-11-8-13-17(10-14(11)21)24-20-18(12(2)9-15(22)19(13)20)16-6-4-5-7-23(16)3/h4-10H,1-3H3/q+1. The molecule has 4 aromatic rings. The van der Waals surface area contributed by atoms with Crippen molar-refractivity contribution in [3.63, 3.8) is 0 Å². The van der Waals surface area contributed by atoms with Gasteiger partial charge in [-0.3, -0.25) is 0 Å². The van der Waals surface area contributed by atoms with Gasteiger partial charge in [0.1, 0.15) is 24.3 Å². The normalized spacial score (nSPS) is 11.5. The van der Waals surface area contributed by atoms with E-state index >= 15 is 0 Å². The first-order valence-corrected chi connectivity index (χ1v) is 7.74. The summed E-state index contributed by atoms with van der Waals surface area (Å²) in [6.07, 6.45) is 1.93. The Kier molecular flexibility index (Phi) is 3.17. The molecule has 4 heteroatoms. The predicted octanol–water partition coefficient (Wildman–Crippen LogP) is 4.97. The van der Waals surface area contributed by atoms with E-state index in [0.717, 1.165) is 16.8 Å². The Labute approximate surface area is 138 Å². The quantitative estimate of drug-likeness (QED) is 0.452. The molecule has 0 atom stereocenters. The van der Waals surface area contributed by atoms with E-state index in [4.69, 9.17) is 4.42 Å². The minimum absolute atomic E-state index is 0.352. The summed E-state index contributed by atoms with van der Waals surface area (Å²) in [4.78, 5) is 0. The molecule has 2 heterocycles. The molecular weight excluding hydrogens is 308 g/mol. The third-order valence-corrected chi connectivity index (χ3v) is 4.48.